The average molecular weight is 270 g/mol. The molecule has 2 N–H and O–H groups in total. The minimum atomic E-state index is -5.60. The van der Waals surface area contributed by atoms with Crippen LogP contribution in [-0.2, 0) is 23.8 Å². The monoisotopic (exact) mass is 270 g/mol. The molecule has 0 radical (unpaired) electrons. The summed E-state index contributed by atoms with van der Waals surface area (Å²) in [5, 5.41) is 16.0. The third-order valence-corrected chi connectivity index (χ3v) is 1.07. The van der Waals surface area contributed by atoms with Gasteiger partial charge in [-0.25, -0.2) is 18.8 Å². The molecule has 18 heavy (non-hydrogen) atoms. The van der Waals surface area contributed by atoms with Gasteiger partial charge >= 0.3 is 50.3 Å². The quantitative estimate of drug-likeness (QED) is 0.171. The van der Waals surface area contributed by atoms with Gasteiger partial charge in [-0.05, 0) is 0 Å². The Bertz CT molecular complexity index is 338. The van der Waals surface area contributed by atoms with E-state index >= 15 is 0 Å². The zero-order chi connectivity index (χ0) is 13.8. The number of alkyl halides is 4. The molecular formula is C5H4BF4LiO7. The number of hydrogen-bond acceptors (Lipinski definition) is 7. The van der Waals surface area contributed by atoms with Crippen molar-refractivity contribution >= 4 is 25.2 Å². The Labute approximate surface area is 110 Å². The predicted octanol–water partition coefficient (Wildman–Crippen LogP) is -4.41. The van der Waals surface area contributed by atoms with Crippen molar-refractivity contribution in [3.8, 4) is 0 Å². The predicted molar refractivity (Wildman–Crippen MR) is 39.4 cm³/mol. The summed E-state index contributed by atoms with van der Waals surface area (Å²) in [5.41, 5.74) is 0. The first kappa shape index (κ1) is 19.3. The maximum atomic E-state index is 12.2. The first-order valence-electron chi connectivity index (χ1n) is 3.59. The number of carbonyl (C=O) groups is 3. The van der Waals surface area contributed by atoms with Crippen LogP contribution in [0.2, 0.25) is 0 Å². The van der Waals surface area contributed by atoms with Gasteiger partial charge in [0.15, 0.2) is 0 Å². The number of rotatable bonds is 2. The van der Waals surface area contributed by atoms with Crippen LogP contribution in [0.3, 0.4) is 0 Å². The molecule has 0 spiro atoms. The molecule has 13 heteroatoms. The third kappa shape index (κ3) is 6.60. The second-order valence-electron chi connectivity index (χ2n) is 2.34. The van der Waals surface area contributed by atoms with Crippen molar-refractivity contribution in [1.82, 2.24) is 0 Å². The van der Waals surface area contributed by atoms with Crippen LogP contribution in [0.5, 0.6) is 0 Å². The molecule has 0 rings (SSSR count). The zero-order valence-electron chi connectivity index (χ0n) is 9.60. The van der Waals surface area contributed by atoms with Crippen LogP contribution in [0.4, 0.5) is 17.6 Å². The summed E-state index contributed by atoms with van der Waals surface area (Å²) >= 11 is 0. The summed E-state index contributed by atoms with van der Waals surface area (Å²) in [7, 11) is -2.74. The van der Waals surface area contributed by atoms with Crippen molar-refractivity contribution < 1.29 is 71.7 Å². The van der Waals surface area contributed by atoms with Gasteiger partial charge in [0.1, 0.15) is 0 Å². The van der Waals surface area contributed by atoms with Gasteiger partial charge in [-0.15, -0.1) is 0 Å². The van der Waals surface area contributed by atoms with E-state index in [4.69, 9.17) is 10.0 Å². The van der Waals surface area contributed by atoms with Crippen molar-refractivity contribution in [2.24, 2.45) is 0 Å². The molecule has 0 aromatic rings. The standard InChI is InChI=1S/C5H3BF4O7.Li.H/c7-1(5(8,9)10)2(11)16-3(12)4(13)17-6(14)15;;/h1,14-15H;;/q;+1;-1. The molecule has 7 nitrogen and oxygen atoms in total. The molecule has 0 fully saturated rings. The first-order valence-corrected chi connectivity index (χ1v) is 3.59. The molecule has 98 valence electrons. The van der Waals surface area contributed by atoms with Gasteiger partial charge in [-0.1, -0.05) is 0 Å². The maximum Gasteiger partial charge on any atom is 1.00 e. The van der Waals surface area contributed by atoms with Crippen molar-refractivity contribution in [3.63, 3.8) is 0 Å². The van der Waals surface area contributed by atoms with E-state index in [2.05, 4.69) is 9.39 Å². The molecule has 0 bridgehead atoms. The van der Waals surface area contributed by atoms with Crippen molar-refractivity contribution in [2.45, 2.75) is 12.3 Å². The molecule has 0 aliphatic carbocycles. The third-order valence-electron chi connectivity index (χ3n) is 1.07. The Morgan fingerprint density at radius 2 is 1.61 bits per heavy atom. The molecule has 0 aromatic carbocycles. The minimum Gasteiger partial charge on any atom is -1.00 e. The van der Waals surface area contributed by atoms with E-state index in [0.717, 1.165) is 0 Å². The summed E-state index contributed by atoms with van der Waals surface area (Å²) < 4.78 is 53.4. The first-order chi connectivity index (χ1) is 7.55. The SMILES string of the molecule is O=C(OB(O)O)C(=O)OC(=O)C(F)C(F)(F)F.[H-].[Li+]. The van der Waals surface area contributed by atoms with E-state index in [-0.39, 0.29) is 20.3 Å². The molecule has 0 aliphatic heterocycles. The van der Waals surface area contributed by atoms with Crippen LogP contribution in [0.15, 0.2) is 0 Å². The van der Waals surface area contributed by atoms with Crippen LogP contribution in [0, 0.1) is 0 Å². The summed E-state index contributed by atoms with van der Waals surface area (Å²) in [6, 6.07) is 0. The second-order valence-corrected chi connectivity index (χ2v) is 2.34. The minimum absolute atomic E-state index is 0. The topological polar surface area (TPSA) is 110 Å². The number of ether oxygens (including phenoxy) is 1. The number of hydrogen-bond donors (Lipinski definition) is 2. The number of carbonyl (C=O) groups excluding carboxylic acids is 3. The van der Waals surface area contributed by atoms with Crippen LogP contribution >= 0.6 is 0 Å². The average Bonchev–Trinajstić information content (AvgIpc) is 2.13. The zero-order valence-corrected chi connectivity index (χ0v) is 8.60. The van der Waals surface area contributed by atoms with E-state index in [9.17, 15) is 31.9 Å². The van der Waals surface area contributed by atoms with Gasteiger partial charge in [0.05, 0.1) is 0 Å². The smallest absolute Gasteiger partial charge is 1.00 e. The van der Waals surface area contributed by atoms with Gasteiger partial charge in [0.25, 0.3) is 6.17 Å². The Kier molecular flexibility index (Phi) is 7.88. The Morgan fingerprint density at radius 1 is 1.17 bits per heavy atom. The van der Waals surface area contributed by atoms with Crippen LogP contribution in [0.25, 0.3) is 0 Å². The molecule has 0 aliphatic rings. The van der Waals surface area contributed by atoms with E-state index < -0.39 is 37.6 Å². The fraction of sp³-hybridized carbons (Fsp3) is 0.400. The molecule has 0 heterocycles. The molecule has 1 atom stereocenters. The van der Waals surface area contributed by atoms with E-state index in [1.807, 2.05) is 0 Å². The summed E-state index contributed by atoms with van der Waals surface area (Å²) in [6.07, 6.45) is -9.71. The number of esters is 2. The van der Waals surface area contributed by atoms with Gasteiger partial charge in [-0.3, -0.25) is 0 Å². The molecule has 0 saturated heterocycles. The van der Waals surface area contributed by atoms with Gasteiger partial charge < -0.3 is 20.9 Å². The van der Waals surface area contributed by atoms with Crippen molar-refractivity contribution in [2.75, 3.05) is 0 Å². The van der Waals surface area contributed by atoms with Crippen LogP contribution in [-0.4, -0.2) is 47.6 Å². The van der Waals surface area contributed by atoms with Crippen LogP contribution in [0.1, 0.15) is 1.43 Å². The van der Waals surface area contributed by atoms with Gasteiger partial charge in [0, 0.05) is 0 Å². The Balaban J connectivity index is -0.00000128. The summed E-state index contributed by atoms with van der Waals surface area (Å²) in [4.78, 5) is 31.2. The molecule has 0 aromatic heterocycles. The van der Waals surface area contributed by atoms with Crippen LogP contribution < -0.4 is 18.9 Å². The Hall–Kier alpha value is -1.09. The number of halogens is 4. The van der Waals surface area contributed by atoms with E-state index in [1.165, 1.54) is 0 Å². The summed E-state index contributed by atoms with van der Waals surface area (Å²) in [6.45, 7) is 0. The fourth-order valence-electron chi connectivity index (χ4n) is 0.462. The molecule has 0 amide bonds. The van der Waals surface area contributed by atoms with Crippen molar-refractivity contribution in [3.05, 3.63) is 0 Å². The second kappa shape index (κ2) is 7.37. The van der Waals surface area contributed by atoms with Gasteiger partial charge in [-0.2, -0.15) is 13.2 Å². The van der Waals surface area contributed by atoms with Crippen molar-refractivity contribution in [1.29, 1.82) is 0 Å². The Morgan fingerprint density at radius 3 is 1.94 bits per heavy atom. The maximum absolute atomic E-state index is 12.2. The summed E-state index contributed by atoms with van der Waals surface area (Å²) in [5.74, 6) is -7.18. The molecule has 0 saturated carbocycles. The molecular weight excluding hydrogens is 266 g/mol. The molecule has 1 unspecified atom stereocenters. The largest absolute Gasteiger partial charge is 1.00 e. The van der Waals surface area contributed by atoms with E-state index in [0.29, 0.717) is 0 Å². The fourth-order valence-corrected chi connectivity index (χ4v) is 0.462. The van der Waals surface area contributed by atoms with Gasteiger partial charge in [0.2, 0.25) is 0 Å². The normalized spacial score (nSPS) is 11.9. The van der Waals surface area contributed by atoms with E-state index in [1.54, 1.807) is 0 Å².